The van der Waals surface area contributed by atoms with E-state index in [1.807, 2.05) is 6.07 Å². The highest BCUT2D eigenvalue weighted by molar-refractivity contribution is 7.26. The summed E-state index contributed by atoms with van der Waals surface area (Å²) in [4.78, 5) is 21.6. The number of thiophene rings is 2. The number of fused-ring (bicyclic) bond motifs is 6. The van der Waals surface area contributed by atoms with Crippen LogP contribution in [0, 0.1) is 0 Å². The molecule has 0 aliphatic rings. The van der Waals surface area contributed by atoms with Crippen LogP contribution in [0.4, 0.5) is 0 Å². The molecular formula is C50H30N4S2. The Morgan fingerprint density at radius 1 is 0.304 bits per heavy atom. The molecule has 7 aromatic carbocycles. The van der Waals surface area contributed by atoms with E-state index in [0.29, 0.717) is 11.6 Å². The van der Waals surface area contributed by atoms with E-state index in [9.17, 15) is 0 Å². The summed E-state index contributed by atoms with van der Waals surface area (Å²) in [6, 6.07) is 63.7. The molecule has 0 amide bonds. The molecule has 0 N–H and O–H groups in total. The summed E-state index contributed by atoms with van der Waals surface area (Å²) in [6.45, 7) is 0. The average molecular weight is 751 g/mol. The van der Waals surface area contributed by atoms with Crippen molar-refractivity contribution in [1.29, 1.82) is 0 Å². The summed E-state index contributed by atoms with van der Waals surface area (Å²) >= 11 is 3.48. The predicted molar refractivity (Wildman–Crippen MR) is 236 cm³/mol. The van der Waals surface area contributed by atoms with Gasteiger partial charge < -0.3 is 0 Å². The third kappa shape index (κ3) is 5.58. The van der Waals surface area contributed by atoms with Gasteiger partial charge in [0, 0.05) is 42.4 Å². The number of rotatable bonds is 6. The van der Waals surface area contributed by atoms with Crippen LogP contribution in [0.1, 0.15) is 0 Å². The van der Waals surface area contributed by atoms with Crippen LogP contribution in [0.3, 0.4) is 0 Å². The van der Waals surface area contributed by atoms with E-state index in [-0.39, 0.29) is 0 Å². The van der Waals surface area contributed by atoms with Crippen molar-refractivity contribution in [3.8, 4) is 67.5 Å². The predicted octanol–water partition coefficient (Wildman–Crippen LogP) is 14.0. The Labute approximate surface area is 331 Å². The molecule has 11 rings (SSSR count). The van der Waals surface area contributed by atoms with Crippen molar-refractivity contribution in [1.82, 2.24) is 19.9 Å². The van der Waals surface area contributed by atoms with Crippen LogP contribution in [0.5, 0.6) is 0 Å². The van der Waals surface area contributed by atoms with Gasteiger partial charge in [-0.05, 0) is 46.5 Å². The van der Waals surface area contributed by atoms with Crippen LogP contribution in [-0.2, 0) is 0 Å². The first-order chi connectivity index (χ1) is 27.7. The molecule has 0 unspecified atom stereocenters. The SMILES string of the molecule is c1ccc(-c2cccc(-c3nc(-c4ccccc4-c4nc(-c5cccc(-c6ccccc6)c5)c5sc6ccccc6c5n4)c4sc5ccccc5c4n3)c2)cc1. The van der Waals surface area contributed by atoms with E-state index in [0.717, 1.165) is 81.5 Å². The summed E-state index contributed by atoms with van der Waals surface area (Å²) in [5.74, 6) is 1.35. The Morgan fingerprint density at radius 2 is 0.750 bits per heavy atom. The Hall–Kier alpha value is -6.86. The van der Waals surface area contributed by atoms with Crippen molar-refractivity contribution < 1.29 is 0 Å². The van der Waals surface area contributed by atoms with Crippen LogP contribution in [0.2, 0.25) is 0 Å². The van der Waals surface area contributed by atoms with Crippen molar-refractivity contribution in [3.05, 3.63) is 182 Å². The van der Waals surface area contributed by atoms with Crippen molar-refractivity contribution in [2.45, 2.75) is 0 Å². The van der Waals surface area contributed by atoms with E-state index in [1.165, 1.54) is 15.0 Å². The number of aromatic nitrogens is 4. The highest BCUT2D eigenvalue weighted by Crippen LogP contribution is 2.44. The minimum absolute atomic E-state index is 0.664. The van der Waals surface area contributed by atoms with Gasteiger partial charge in [0.2, 0.25) is 0 Å². The number of benzene rings is 7. The normalized spacial score (nSPS) is 11.6. The molecule has 0 saturated heterocycles. The number of hydrogen-bond acceptors (Lipinski definition) is 6. The van der Waals surface area contributed by atoms with Gasteiger partial charge in [-0.25, -0.2) is 19.9 Å². The molecule has 6 heteroatoms. The molecular weight excluding hydrogens is 721 g/mol. The second kappa shape index (κ2) is 13.5. The smallest absolute Gasteiger partial charge is 0.161 e. The third-order valence-electron chi connectivity index (χ3n) is 10.3. The van der Waals surface area contributed by atoms with Crippen molar-refractivity contribution in [3.63, 3.8) is 0 Å². The molecule has 11 aromatic rings. The summed E-state index contributed by atoms with van der Waals surface area (Å²) in [7, 11) is 0. The first-order valence-corrected chi connectivity index (χ1v) is 20.2. The first kappa shape index (κ1) is 32.6. The molecule has 0 atom stereocenters. The third-order valence-corrected chi connectivity index (χ3v) is 12.7. The van der Waals surface area contributed by atoms with E-state index in [2.05, 4.69) is 176 Å². The standard InChI is InChI=1S/C50H30N4S2/c1-3-15-31(16-4-1)33-19-13-21-35(29-33)43-47-45(39-25-9-11-27-41(39)55-47)54-50(51-43)38-24-8-7-23-37(38)44-48-46(40-26-10-12-28-42(40)56-48)53-49(52-44)36-22-14-20-34(30-36)32-17-5-2-6-18-32/h1-30H. The molecule has 0 aliphatic carbocycles. The quantitative estimate of drug-likeness (QED) is 0.170. The Bertz CT molecular complexity index is 3260. The lowest BCUT2D eigenvalue weighted by molar-refractivity contribution is 1.22. The van der Waals surface area contributed by atoms with Gasteiger partial charge >= 0.3 is 0 Å². The largest absolute Gasteiger partial charge is 0.226 e. The van der Waals surface area contributed by atoms with Crippen LogP contribution < -0.4 is 0 Å². The second-order valence-electron chi connectivity index (χ2n) is 13.8. The van der Waals surface area contributed by atoms with E-state index in [4.69, 9.17) is 19.9 Å². The Morgan fingerprint density at radius 3 is 1.39 bits per heavy atom. The molecule has 0 saturated carbocycles. The topological polar surface area (TPSA) is 51.6 Å². The maximum absolute atomic E-state index is 5.47. The van der Waals surface area contributed by atoms with Crippen LogP contribution in [0.15, 0.2) is 182 Å². The monoisotopic (exact) mass is 750 g/mol. The zero-order valence-electron chi connectivity index (χ0n) is 29.9. The van der Waals surface area contributed by atoms with Crippen molar-refractivity contribution in [2.75, 3.05) is 0 Å². The highest BCUT2D eigenvalue weighted by atomic mass is 32.1. The van der Waals surface area contributed by atoms with Gasteiger partial charge in [-0.15, -0.1) is 22.7 Å². The molecule has 4 aromatic heterocycles. The second-order valence-corrected chi connectivity index (χ2v) is 15.9. The molecule has 0 bridgehead atoms. The number of nitrogens with zero attached hydrogens (tertiary/aromatic N) is 4. The fraction of sp³-hybridized carbons (Fsp3) is 0. The van der Waals surface area contributed by atoms with Gasteiger partial charge in [0.05, 0.1) is 31.8 Å². The summed E-state index contributed by atoms with van der Waals surface area (Å²) in [5, 5.41) is 2.25. The fourth-order valence-electron chi connectivity index (χ4n) is 7.64. The summed E-state index contributed by atoms with van der Waals surface area (Å²) in [6.07, 6.45) is 0. The van der Waals surface area contributed by atoms with Gasteiger partial charge in [-0.2, -0.15) is 0 Å². The highest BCUT2D eigenvalue weighted by Gasteiger charge is 2.22. The molecule has 0 aliphatic heterocycles. The molecule has 0 fully saturated rings. The van der Waals surface area contributed by atoms with Gasteiger partial charge in [0.25, 0.3) is 0 Å². The van der Waals surface area contributed by atoms with Crippen LogP contribution >= 0.6 is 22.7 Å². The average Bonchev–Trinajstić information content (AvgIpc) is 3.85. The van der Waals surface area contributed by atoms with Gasteiger partial charge in [0.15, 0.2) is 11.6 Å². The molecule has 56 heavy (non-hydrogen) atoms. The zero-order valence-corrected chi connectivity index (χ0v) is 31.6. The van der Waals surface area contributed by atoms with E-state index < -0.39 is 0 Å². The zero-order chi connectivity index (χ0) is 37.0. The lowest BCUT2D eigenvalue weighted by atomic mass is 10.00. The molecule has 0 spiro atoms. The molecule has 0 radical (unpaired) electrons. The van der Waals surface area contributed by atoms with E-state index >= 15 is 0 Å². The molecule has 4 nitrogen and oxygen atoms in total. The van der Waals surface area contributed by atoms with E-state index in [1.54, 1.807) is 22.7 Å². The van der Waals surface area contributed by atoms with Gasteiger partial charge in [0.1, 0.15) is 0 Å². The fourth-order valence-corrected chi connectivity index (χ4v) is 9.94. The maximum atomic E-state index is 5.47. The van der Waals surface area contributed by atoms with Crippen molar-refractivity contribution in [2.24, 2.45) is 0 Å². The van der Waals surface area contributed by atoms with Crippen LogP contribution in [0.25, 0.3) is 108 Å². The molecule has 262 valence electrons. The van der Waals surface area contributed by atoms with Crippen molar-refractivity contribution >= 4 is 63.3 Å². The lowest BCUT2D eigenvalue weighted by Gasteiger charge is -2.13. The minimum Gasteiger partial charge on any atom is -0.226 e. The minimum atomic E-state index is 0.664. The summed E-state index contributed by atoms with van der Waals surface area (Å²) < 4.78 is 4.48. The van der Waals surface area contributed by atoms with Crippen LogP contribution in [-0.4, -0.2) is 19.9 Å². The number of hydrogen-bond donors (Lipinski definition) is 0. The first-order valence-electron chi connectivity index (χ1n) is 18.6. The Balaban J connectivity index is 1.15. The maximum Gasteiger partial charge on any atom is 0.161 e. The lowest BCUT2D eigenvalue weighted by Crippen LogP contribution is -1.98. The Kier molecular flexibility index (Phi) is 7.83. The van der Waals surface area contributed by atoms with Gasteiger partial charge in [-0.3, -0.25) is 0 Å². The molecule has 4 heterocycles. The summed E-state index contributed by atoms with van der Waals surface area (Å²) in [5.41, 5.74) is 12.2. The van der Waals surface area contributed by atoms with Gasteiger partial charge in [-0.1, -0.05) is 158 Å².